The highest BCUT2D eigenvalue weighted by Gasteiger charge is 2.23. The number of pyridine rings is 2. The number of hydrogen-bond donors (Lipinski definition) is 1. The summed E-state index contributed by atoms with van der Waals surface area (Å²) in [4.78, 5) is 25.5. The summed E-state index contributed by atoms with van der Waals surface area (Å²) in [5, 5.41) is 3.12. The molecule has 1 amide bonds. The summed E-state index contributed by atoms with van der Waals surface area (Å²) < 4.78 is 0. The minimum Gasteiger partial charge on any atom is -0.373 e. The first-order chi connectivity index (χ1) is 13.0. The molecule has 1 N–H and O–H groups in total. The molecular weight excluding hydrogens is 338 g/mol. The van der Waals surface area contributed by atoms with Crippen LogP contribution >= 0.6 is 0 Å². The Hall–Kier alpha value is -2.47. The van der Waals surface area contributed by atoms with Crippen LogP contribution in [0, 0.1) is 0 Å². The van der Waals surface area contributed by atoms with Gasteiger partial charge in [0.25, 0.3) is 0 Å². The zero-order chi connectivity index (χ0) is 19.4. The molecule has 1 atom stereocenters. The number of hydrogen-bond acceptors (Lipinski definition) is 5. The van der Waals surface area contributed by atoms with E-state index in [2.05, 4.69) is 43.4 Å². The average molecular weight is 367 g/mol. The van der Waals surface area contributed by atoms with Gasteiger partial charge >= 0.3 is 0 Å². The zero-order valence-corrected chi connectivity index (χ0v) is 16.7. The molecule has 2 aromatic rings. The highest BCUT2D eigenvalue weighted by atomic mass is 16.2. The maximum atomic E-state index is 12.0. The number of anilines is 2. The second-order valence-electron chi connectivity index (χ2n) is 7.46. The van der Waals surface area contributed by atoms with Gasteiger partial charge in [-0.2, -0.15) is 0 Å². The summed E-state index contributed by atoms with van der Waals surface area (Å²) in [7, 11) is 6.00. The van der Waals surface area contributed by atoms with Crippen LogP contribution in [0.2, 0.25) is 0 Å². The van der Waals surface area contributed by atoms with Crippen molar-refractivity contribution < 1.29 is 4.79 Å². The second-order valence-corrected chi connectivity index (χ2v) is 7.46. The number of nitrogens with zero attached hydrogens (tertiary/aromatic N) is 4. The van der Waals surface area contributed by atoms with Crippen LogP contribution in [0.15, 0.2) is 30.3 Å². The minimum atomic E-state index is 0.174. The maximum absolute atomic E-state index is 12.0. The Kier molecular flexibility index (Phi) is 6.06. The van der Waals surface area contributed by atoms with Gasteiger partial charge in [0.2, 0.25) is 5.91 Å². The molecule has 1 unspecified atom stereocenters. The fourth-order valence-electron chi connectivity index (χ4n) is 3.48. The van der Waals surface area contributed by atoms with E-state index in [9.17, 15) is 4.79 Å². The Balaban J connectivity index is 1.81. The first kappa shape index (κ1) is 19.3. The Morgan fingerprint density at radius 1 is 1.22 bits per heavy atom. The van der Waals surface area contributed by atoms with Gasteiger partial charge in [-0.25, -0.2) is 9.97 Å². The average Bonchev–Trinajstić information content (AvgIpc) is 3.08. The molecule has 1 aliphatic heterocycles. The van der Waals surface area contributed by atoms with Gasteiger partial charge in [0.05, 0.1) is 5.69 Å². The molecule has 3 heterocycles. The van der Waals surface area contributed by atoms with Gasteiger partial charge in [-0.05, 0) is 50.7 Å². The number of aromatic nitrogens is 2. The highest BCUT2D eigenvalue weighted by molar-refractivity contribution is 5.94. The Morgan fingerprint density at radius 3 is 2.70 bits per heavy atom. The standard InChI is InChI=1S/C21H29N5O/c1-15(13-16-10-11-19(22-2)23-18(16)14-25(3)4)17-7-5-8-20(24-17)26-12-6-9-21(26)27/h5,7-8,10-11,15H,6,9,12-14H2,1-4H3,(H,22,23). The molecule has 1 aliphatic rings. The van der Waals surface area contributed by atoms with Gasteiger partial charge in [-0.15, -0.1) is 0 Å². The summed E-state index contributed by atoms with van der Waals surface area (Å²) >= 11 is 0. The molecule has 27 heavy (non-hydrogen) atoms. The zero-order valence-electron chi connectivity index (χ0n) is 16.7. The lowest BCUT2D eigenvalue weighted by atomic mass is 9.96. The van der Waals surface area contributed by atoms with E-state index in [1.807, 2.05) is 25.2 Å². The lowest BCUT2D eigenvalue weighted by Gasteiger charge is -2.19. The highest BCUT2D eigenvalue weighted by Crippen LogP contribution is 2.25. The van der Waals surface area contributed by atoms with Crippen LogP contribution in [0.4, 0.5) is 11.6 Å². The quantitative estimate of drug-likeness (QED) is 0.815. The van der Waals surface area contributed by atoms with Crippen molar-refractivity contribution in [2.24, 2.45) is 0 Å². The van der Waals surface area contributed by atoms with Crippen LogP contribution in [0.5, 0.6) is 0 Å². The molecule has 6 nitrogen and oxygen atoms in total. The monoisotopic (exact) mass is 367 g/mol. The third kappa shape index (κ3) is 4.63. The van der Waals surface area contributed by atoms with Gasteiger partial charge in [0.1, 0.15) is 11.6 Å². The van der Waals surface area contributed by atoms with Crippen molar-refractivity contribution in [3.8, 4) is 0 Å². The van der Waals surface area contributed by atoms with Crippen molar-refractivity contribution in [2.75, 3.05) is 37.9 Å². The summed E-state index contributed by atoms with van der Waals surface area (Å²) in [6.45, 7) is 3.75. The van der Waals surface area contributed by atoms with Crippen molar-refractivity contribution >= 4 is 17.5 Å². The normalized spacial score (nSPS) is 15.4. The first-order valence-corrected chi connectivity index (χ1v) is 9.56. The number of carbonyl (C=O) groups excluding carboxylic acids is 1. The van der Waals surface area contributed by atoms with Crippen molar-refractivity contribution in [2.45, 2.75) is 38.6 Å². The lowest BCUT2D eigenvalue weighted by Crippen LogP contribution is -2.25. The smallest absolute Gasteiger partial charge is 0.228 e. The fraction of sp³-hybridized carbons (Fsp3) is 0.476. The molecule has 2 aromatic heterocycles. The summed E-state index contributed by atoms with van der Waals surface area (Å²) in [5.41, 5.74) is 3.34. The van der Waals surface area contributed by atoms with E-state index in [-0.39, 0.29) is 11.8 Å². The topological polar surface area (TPSA) is 61.4 Å². The molecule has 3 rings (SSSR count). The Morgan fingerprint density at radius 2 is 2.04 bits per heavy atom. The van der Waals surface area contributed by atoms with Crippen LogP contribution < -0.4 is 10.2 Å². The predicted molar refractivity (Wildman–Crippen MR) is 109 cm³/mol. The number of rotatable bonds is 7. The first-order valence-electron chi connectivity index (χ1n) is 9.56. The molecule has 1 fully saturated rings. The van der Waals surface area contributed by atoms with Crippen molar-refractivity contribution in [1.29, 1.82) is 0 Å². The number of carbonyl (C=O) groups is 1. The van der Waals surface area contributed by atoms with Gasteiger partial charge in [-0.1, -0.05) is 19.1 Å². The molecule has 0 radical (unpaired) electrons. The molecule has 144 valence electrons. The van der Waals surface area contributed by atoms with Gasteiger partial charge in [-0.3, -0.25) is 9.69 Å². The summed E-state index contributed by atoms with van der Waals surface area (Å²) in [6, 6.07) is 10.2. The fourth-order valence-corrected chi connectivity index (χ4v) is 3.48. The molecule has 1 saturated heterocycles. The van der Waals surface area contributed by atoms with E-state index in [0.717, 1.165) is 49.0 Å². The van der Waals surface area contributed by atoms with E-state index in [0.29, 0.717) is 6.42 Å². The van der Waals surface area contributed by atoms with E-state index in [1.54, 1.807) is 4.90 Å². The molecule has 0 aromatic carbocycles. The predicted octanol–water partition coefficient (Wildman–Crippen LogP) is 3.05. The second kappa shape index (κ2) is 8.48. The van der Waals surface area contributed by atoms with E-state index >= 15 is 0 Å². The molecule has 6 heteroatoms. The number of nitrogens with one attached hydrogen (secondary N) is 1. The Labute approximate surface area is 161 Å². The van der Waals surface area contributed by atoms with Crippen molar-refractivity contribution in [3.05, 3.63) is 47.3 Å². The van der Waals surface area contributed by atoms with Gasteiger partial charge in [0.15, 0.2) is 0 Å². The summed E-state index contributed by atoms with van der Waals surface area (Å²) in [6.07, 6.45) is 2.40. The lowest BCUT2D eigenvalue weighted by molar-refractivity contribution is -0.117. The molecule has 0 aliphatic carbocycles. The van der Waals surface area contributed by atoms with E-state index in [1.165, 1.54) is 5.56 Å². The maximum Gasteiger partial charge on any atom is 0.228 e. The van der Waals surface area contributed by atoms with Gasteiger partial charge in [0, 0.05) is 38.2 Å². The molecule has 0 saturated carbocycles. The molecule has 0 bridgehead atoms. The molecule has 0 spiro atoms. The minimum absolute atomic E-state index is 0.174. The third-order valence-electron chi connectivity index (χ3n) is 4.93. The van der Waals surface area contributed by atoms with Crippen molar-refractivity contribution in [3.63, 3.8) is 0 Å². The van der Waals surface area contributed by atoms with Crippen molar-refractivity contribution in [1.82, 2.24) is 14.9 Å². The summed E-state index contributed by atoms with van der Waals surface area (Å²) in [5.74, 6) is 2.08. The third-order valence-corrected chi connectivity index (χ3v) is 4.93. The van der Waals surface area contributed by atoms with E-state index in [4.69, 9.17) is 9.97 Å². The Bertz CT molecular complexity index is 805. The van der Waals surface area contributed by atoms with Crippen LogP contribution in [0.3, 0.4) is 0 Å². The number of amides is 1. The van der Waals surface area contributed by atoms with Crippen LogP contribution in [0.1, 0.15) is 42.6 Å². The molecular formula is C21H29N5O. The van der Waals surface area contributed by atoms with Crippen LogP contribution in [0.25, 0.3) is 0 Å². The van der Waals surface area contributed by atoms with Gasteiger partial charge < -0.3 is 10.2 Å². The SMILES string of the molecule is CNc1ccc(CC(C)c2cccc(N3CCCC3=O)n2)c(CN(C)C)n1. The van der Waals surface area contributed by atoms with Crippen LogP contribution in [-0.2, 0) is 17.8 Å². The van der Waals surface area contributed by atoms with Crippen LogP contribution in [-0.4, -0.2) is 48.5 Å². The largest absolute Gasteiger partial charge is 0.373 e. The van der Waals surface area contributed by atoms with E-state index < -0.39 is 0 Å².